The highest BCUT2D eigenvalue weighted by molar-refractivity contribution is 6.17. The third kappa shape index (κ3) is 19.4. The molecule has 1 atom stereocenters. The van der Waals surface area contributed by atoms with Gasteiger partial charge in [-0.05, 0) is 296 Å². The Labute approximate surface area is 937 Å². The Morgan fingerprint density at radius 2 is 0.638 bits per heavy atom. The second-order valence-electron chi connectivity index (χ2n) is 39.2. The van der Waals surface area contributed by atoms with E-state index in [9.17, 15) is 6.85 Å². The average molecular weight is 2010 g/mol. The summed E-state index contributed by atoms with van der Waals surface area (Å²) in [5.41, 5.74) is 12.9. The maximum atomic E-state index is 9.23. The first-order valence-corrected chi connectivity index (χ1v) is 48.6. The summed E-state index contributed by atoms with van der Waals surface area (Å²) < 4.78 is 385. The Bertz CT molecular complexity index is 11200. The predicted octanol–water partition coefficient (Wildman–Crippen LogP) is 35.2. The van der Waals surface area contributed by atoms with Crippen molar-refractivity contribution in [1.82, 2.24) is 0 Å². The summed E-state index contributed by atoms with van der Waals surface area (Å²) in [7, 11) is 8.17. The zero-order valence-electron chi connectivity index (χ0n) is 129. The van der Waals surface area contributed by atoms with E-state index in [0.717, 1.165) is 50.7 Å². The molecule has 1 unspecified atom stereocenters. The van der Waals surface area contributed by atoms with Crippen molar-refractivity contribution >= 4 is 138 Å². The van der Waals surface area contributed by atoms with Crippen molar-refractivity contribution in [2.45, 2.75) is 238 Å². The molecule has 10 aromatic carbocycles. The molecule has 20 rings (SSSR count). The Balaban J connectivity index is 0.000000163. The number of nitrogens with zero attached hydrogens (tertiary/aromatic N) is 10. The second-order valence-corrected chi connectivity index (χ2v) is 39.2. The minimum Gasteiger partial charge on any atom is -0.455 e. The molecule has 20 aromatic rings. The zero-order chi connectivity index (χ0) is 143. The first-order chi connectivity index (χ1) is 87.1. The molecule has 0 aliphatic carbocycles. The van der Waals surface area contributed by atoms with Crippen LogP contribution in [0.5, 0.6) is 0 Å². The van der Waals surface area contributed by atoms with Gasteiger partial charge in [0.05, 0.1) is 67.5 Å². The number of fused-ring (bicyclic) bond motifs is 15. The van der Waals surface area contributed by atoms with Crippen LogP contribution in [0.15, 0.2) is 174 Å². The Morgan fingerprint density at radius 3 is 1.03 bits per heavy atom. The van der Waals surface area contributed by atoms with Crippen LogP contribution in [0.25, 0.3) is 190 Å². The van der Waals surface area contributed by atoms with Crippen molar-refractivity contribution in [3.8, 4) is 56.3 Å². The van der Waals surface area contributed by atoms with Gasteiger partial charge in [0.15, 0.2) is 56.9 Å². The molecule has 10 aromatic heterocycles. The molecular weight excluding hydrogens is 1830 g/mol. The minimum absolute atomic E-state index is 0.00986. The van der Waals surface area contributed by atoms with Gasteiger partial charge in [-0.1, -0.05) is 136 Å². The van der Waals surface area contributed by atoms with E-state index >= 15 is 0 Å². The lowest BCUT2D eigenvalue weighted by molar-refractivity contribution is -0.667. The van der Waals surface area contributed by atoms with Crippen LogP contribution >= 0.6 is 0 Å². The third-order valence-corrected chi connectivity index (χ3v) is 27.5. The van der Waals surface area contributed by atoms with Crippen LogP contribution in [0.2, 0.25) is 0 Å². The van der Waals surface area contributed by atoms with Gasteiger partial charge in [0.1, 0.15) is 91.1 Å². The molecule has 0 saturated carbocycles. The SMILES string of the molecule is [2H]c1c(C([2H])(C)C([2H])([2H])[2H])c(C([2H])([2H])[2H])c(C)[n+](C)c1-c1c(C)cc(C([2H])([2H])[2H])c2c1oc1ccc([N+]#[C-])cc12.[2H]c1c(C([2H])([2H])C(C)C)c(C([2H])([2H])[2H])c(C)[n+](C)c1-c1c(C)cc(C([2H])([2H])[2H])c2c1oc1ccc([N+]#[C-])cc12.[2H]c1c(C([2H])([2H])C(C)C)c(C([2H])([2H])[2H])c(C)[n+](C)c1-c1c(C)ccc2c1oc1c(C)cc([N+]#[C-])cc12.[2H]c1c(C([2H])([2H])C(C)C)c(C([2H])([2H])[2H])c(C)[n+](C)c1-c1c(C)ccc2c1oc1cc(C)c([N+]#[C-])cc12.[2H]c1c(C([2H])([2H])C(C)C)c(C([2H])([2H])[2H])c(C)[n+](C)c1-c1c(C)ccc2c1oc1ccc([N+]#[C-])c(C([2H])([2H])[2H])c12. The fraction of sp³-hybridized carbons (Fsp3) is 0.328. The third-order valence-electron chi connectivity index (χ3n) is 27.5. The quantitative estimate of drug-likeness (QED) is 0.0796. The van der Waals surface area contributed by atoms with Crippen LogP contribution in [0.1, 0.15) is 271 Å². The monoisotopic (exact) mass is 2010 g/mol. The van der Waals surface area contributed by atoms with Crippen molar-refractivity contribution in [2.75, 3.05) is 0 Å². The van der Waals surface area contributed by atoms with E-state index in [1.807, 2.05) is 58.0 Å². The summed E-state index contributed by atoms with van der Waals surface area (Å²) in [4.78, 5) is 17.5. The van der Waals surface area contributed by atoms with Gasteiger partial charge < -0.3 is 22.1 Å². The standard InChI is InChI=1S/4C27H29N2O.C26H27N2O/c1-15(2)11-20-13-23(29(8)19(6)18(20)5)26-17(4)12-16(3)25-22-14-21(28-7)9-10-24(22)30-27(25)26;1-15(2)11-20-13-24(29(8)19(6)18(20)5)25-16(3)9-10-22-23-14-21(28-7)12-17(4)26(23)30-27(22)25;1-15(2)11-20-13-24(29(8)19(6)18(20)5)26-16(3)9-10-21-22-14-23(28-7)17(4)12-25(22)30-27(21)26;1-15(2)13-20-14-23(29(8)19(6)17(20)4)25-16(3)9-10-21-26-18(5)22(28-7)11-12-24(26)30-27(21)25;1-14(2)20-13-22(28(8)18(6)17(20)5)25-16(4)11-15(3)24-21-12-19(27-7)9-10-23(21)29-26(24)25/h3*9-10,12-15H,11H2,1-6,8H3;9-12,14-15H,13H2,1-6,8H3;9-14H,1-6,8H3/q5*+1/i3D3,5D3,11D2,13D;2*5D3,11D2,13D;4D3,5D3,13D2,14D;1D3,3D3,5D3,13D,14D. The molecule has 15 heteroatoms. The molecule has 0 radical (unpaired) electrons. The van der Waals surface area contributed by atoms with Crippen molar-refractivity contribution < 1.29 is 101 Å². The van der Waals surface area contributed by atoms with Crippen LogP contribution in [0, 0.1) is 194 Å². The number of aryl methyl sites for hydroxylation is 10. The van der Waals surface area contributed by atoms with Crippen LogP contribution in [0.4, 0.5) is 28.4 Å². The molecule has 754 valence electrons. The highest BCUT2D eigenvalue weighted by Crippen LogP contribution is 2.49. The summed E-state index contributed by atoms with van der Waals surface area (Å²) in [6.45, 7) is 48.2. The Morgan fingerprint density at radius 1 is 0.282 bits per heavy atom. The lowest BCUT2D eigenvalue weighted by Crippen LogP contribution is -2.36. The number of benzene rings is 10. The van der Waals surface area contributed by atoms with E-state index in [2.05, 4.69) is 24.2 Å². The summed E-state index contributed by atoms with van der Waals surface area (Å²) in [5.74, 6) is -4.84. The molecule has 0 spiro atoms. The summed E-state index contributed by atoms with van der Waals surface area (Å²) in [6.07, 6.45) is -8.39. The van der Waals surface area contributed by atoms with E-state index in [4.69, 9.17) is 104 Å². The summed E-state index contributed by atoms with van der Waals surface area (Å²) >= 11 is 0. The van der Waals surface area contributed by atoms with E-state index in [1.54, 1.807) is 211 Å². The molecule has 149 heavy (non-hydrogen) atoms. The number of furan rings is 5. The summed E-state index contributed by atoms with van der Waals surface area (Å²) in [6, 6.07) is 32.2. The minimum atomic E-state index is -2.97. The highest BCUT2D eigenvalue weighted by Gasteiger charge is 2.34. The topological polar surface area (TPSA) is 107 Å². The molecule has 0 saturated heterocycles. The highest BCUT2D eigenvalue weighted by atomic mass is 16.3. The fourth-order valence-electron chi connectivity index (χ4n) is 19.2. The normalized spacial score (nSPS) is 17.1. The smallest absolute Gasteiger partial charge is 0.216 e. The van der Waals surface area contributed by atoms with Crippen LogP contribution < -0.4 is 22.8 Å². The lowest BCUT2D eigenvalue weighted by Gasteiger charge is -2.15. The van der Waals surface area contributed by atoms with E-state index in [1.165, 1.54) is 48.9 Å². The van der Waals surface area contributed by atoms with E-state index < -0.39 is 134 Å². The number of rotatable bonds is 14. The van der Waals surface area contributed by atoms with Gasteiger partial charge in [0.25, 0.3) is 0 Å². The van der Waals surface area contributed by atoms with E-state index in [0.29, 0.717) is 128 Å². The van der Waals surface area contributed by atoms with Crippen LogP contribution in [-0.2, 0) is 60.7 Å². The van der Waals surface area contributed by atoms with Gasteiger partial charge in [-0.25, -0.2) is 24.2 Å². The molecule has 0 fully saturated rings. The van der Waals surface area contributed by atoms with Crippen molar-refractivity contribution in [3.63, 3.8) is 0 Å². The van der Waals surface area contributed by atoms with Crippen molar-refractivity contribution in [3.05, 3.63) is 348 Å². The molecular formula is C134H143N10O5+5. The van der Waals surface area contributed by atoms with Crippen molar-refractivity contribution in [1.29, 1.82) is 0 Å². The van der Waals surface area contributed by atoms with Gasteiger partial charge in [0, 0.05) is 196 Å². The Hall–Kier alpha value is -15.6. The molecule has 0 aliphatic rings. The van der Waals surface area contributed by atoms with Gasteiger partial charge in [-0.3, -0.25) is 0 Å². The van der Waals surface area contributed by atoms with E-state index in [-0.39, 0.29) is 175 Å². The lowest BCUT2D eigenvalue weighted by atomic mass is 9.92. The maximum Gasteiger partial charge on any atom is 0.216 e. The number of aromatic nitrogens is 5. The van der Waals surface area contributed by atoms with Gasteiger partial charge in [0.2, 0.25) is 28.5 Å². The van der Waals surface area contributed by atoms with Gasteiger partial charge in [-0.2, -0.15) is 22.8 Å². The first-order valence-electron chi connectivity index (χ1n) is 69.1. The number of pyridine rings is 5. The number of hydrogen-bond donors (Lipinski definition) is 0. The first kappa shape index (κ1) is 65.2. The molecule has 0 bridgehead atoms. The molecule has 10 heterocycles. The average Bonchev–Trinajstić information content (AvgIpc) is 1.45. The fourth-order valence-corrected chi connectivity index (χ4v) is 19.2. The zero-order valence-corrected chi connectivity index (χ0v) is 88.4. The van der Waals surface area contributed by atoms with Crippen molar-refractivity contribution in [2.24, 2.45) is 58.9 Å². The number of hydrogen-bond acceptors (Lipinski definition) is 5. The Kier molecular flexibility index (Phi) is 18.4. The van der Waals surface area contributed by atoms with Crippen LogP contribution in [0.3, 0.4) is 0 Å². The largest absolute Gasteiger partial charge is 0.455 e. The predicted molar refractivity (Wildman–Crippen MR) is 616 cm³/mol. The molecule has 15 nitrogen and oxygen atoms in total. The summed E-state index contributed by atoms with van der Waals surface area (Å²) in [5, 5.41) is 5.17. The molecule has 0 aliphatic heterocycles. The molecule has 0 amide bonds. The van der Waals surface area contributed by atoms with Crippen LogP contribution in [-0.4, -0.2) is 0 Å². The van der Waals surface area contributed by atoms with Gasteiger partial charge in [-0.15, -0.1) is 0 Å². The molecule has 0 N–H and O–H groups in total. The van der Waals surface area contributed by atoms with Gasteiger partial charge >= 0.3 is 0 Å². The maximum absolute atomic E-state index is 9.23. The second kappa shape index (κ2) is 42.0.